The molecule has 0 aliphatic carbocycles. The summed E-state index contributed by atoms with van der Waals surface area (Å²) in [6.07, 6.45) is 0.726. The Kier molecular flexibility index (Phi) is 13.2. The number of hydrogen-bond donors (Lipinski definition) is 3. The molecule has 224 valence electrons. The second-order valence-corrected chi connectivity index (χ2v) is 10.8. The summed E-state index contributed by atoms with van der Waals surface area (Å²) in [6, 6.07) is 18.6. The minimum Gasteiger partial charge on any atom is -0.480 e. The summed E-state index contributed by atoms with van der Waals surface area (Å²) in [5.41, 5.74) is 3.49. The molecule has 1 saturated heterocycles. The van der Waals surface area contributed by atoms with E-state index in [1.165, 1.54) is 5.56 Å². The largest absolute Gasteiger partial charge is 0.480 e. The molecule has 3 rings (SSSR count). The summed E-state index contributed by atoms with van der Waals surface area (Å²) in [5, 5.41) is 21.8. The van der Waals surface area contributed by atoms with Crippen molar-refractivity contribution in [1.29, 1.82) is 0 Å². The lowest BCUT2D eigenvalue weighted by Gasteiger charge is -2.33. The van der Waals surface area contributed by atoms with Crippen molar-refractivity contribution >= 4 is 17.8 Å². The first-order valence-corrected chi connectivity index (χ1v) is 14.5. The summed E-state index contributed by atoms with van der Waals surface area (Å²) in [4.78, 5) is 43.9. The molecule has 10 nitrogen and oxygen atoms in total. The molecule has 0 saturated carbocycles. The van der Waals surface area contributed by atoms with Crippen LogP contribution < -0.4 is 5.32 Å². The van der Waals surface area contributed by atoms with E-state index in [0.29, 0.717) is 45.8 Å². The van der Waals surface area contributed by atoms with Crippen LogP contribution in [-0.4, -0.2) is 132 Å². The van der Waals surface area contributed by atoms with Crippen LogP contribution in [-0.2, 0) is 20.8 Å². The highest BCUT2D eigenvalue weighted by atomic mass is 16.4. The average Bonchev–Trinajstić information content (AvgIpc) is 2.93. The number of aliphatic carboxylic acids is 2. The van der Waals surface area contributed by atoms with Gasteiger partial charge in [0.2, 0.25) is 5.91 Å². The van der Waals surface area contributed by atoms with Crippen LogP contribution in [0.25, 0.3) is 11.1 Å². The topological polar surface area (TPSA) is 117 Å². The van der Waals surface area contributed by atoms with Crippen LogP contribution in [0, 0.1) is 0 Å². The molecule has 0 spiro atoms. The number of likely N-dealkylation sites (N-methyl/N-ethyl adjacent to an activating group) is 1. The van der Waals surface area contributed by atoms with Crippen molar-refractivity contribution in [3.8, 4) is 11.1 Å². The fourth-order valence-corrected chi connectivity index (χ4v) is 5.14. The molecule has 0 unspecified atom stereocenters. The molecule has 0 radical (unpaired) electrons. The predicted molar refractivity (Wildman–Crippen MR) is 160 cm³/mol. The maximum absolute atomic E-state index is 13.0. The number of benzene rings is 2. The molecule has 3 N–H and O–H groups in total. The van der Waals surface area contributed by atoms with Gasteiger partial charge in [0.1, 0.15) is 0 Å². The molecule has 1 heterocycles. The van der Waals surface area contributed by atoms with Gasteiger partial charge in [-0.1, -0.05) is 61.5 Å². The Hall–Kier alpha value is -3.31. The number of amides is 1. The van der Waals surface area contributed by atoms with Crippen molar-refractivity contribution < 1.29 is 24.6 Å². The van der Waals surface area contributed by atoms with Crippen LogP contribution in [0.2, 0.25) is 0 Å². The number of nitrogens with one attached hydrogen (secondary N) is 1. The Morgan fingerprint density at radius 3 is 1.59 bits per heavy atom. The fourth-order valence-electron chi connectivity index (χ4n) is 5.14. The summed E-state index contributed by atoms with van der Waals surface area (Å²) >= 11 is 0. The van der Waals surface area contributed by atoms with Gasteiger partial charge in [0, 0.05) is 58.4 Å². The number of carbonyl (C=O) groups excluding carboxylic acids is 1. The fraction of sp³-hybridized carbons (Fsp3) is 0.516. The van der Waals surface area contributed by atoms with Gasteiger partial charge in [-0.05, 0) is 36.6 Å². The zero-order valence-corrected chi connectivity index (χ0v) is 24.4. The number of hydrogen-bond acceptors (Lipinski definition) is 7. The molecule has 1 aliphatic heterocycles. The first-order valence-electron chi connectivity index (χ1n) is 14.5. The maximum Gasteiger partial charge on any atom is 0.317 e. The van der Waals surface area contributed by atoms with Gasteiger partial charge in [-0.3, -0.25) is 29.1 Å². The van der Waals surface area contributed by atoms with E-state index in [2.05, 4.69) is 58.4 Å². The molecular formula is C31H45N5O5. The Balaban J connectivity index is 1.57. The van der Waals surface area contributed by atoms with Gasteiger partial charge in [-0.25, -0.2) is 0 Å². The summed E-state index contributed by atoms with van der Waals surface area (Å²) in [7, 11) is 0. The van der Waals surface area contributed by atoms with Crippen LogP contribution >= 0.6 is 0 Å². The molecule has 1 aliphatic rings. The first-order chi connectivity index (χ1) is 19.7. The van der Waals surface area contributed by atoms with Gasteiger partial charge in [0.05, 0.1) is 19.6 Å². The zero-order chi connectivity index (χ0) is 29.6. The Bertz CT molecular complexity index is 1100. The standard InChI is InChI=1S/C31H45N5O5/c1-3-33-13-15-34(17-18-36(24-31(40)41)20-19-35(16-14-33)23-30(38)39)22-29(37)32-25(2)21-26-9-11-28(12-10-26)27-7-5-4-6-8-27/h4-12,25H,3,13-24H2,1-2H3,(H,32,37)(H,38,39)(H,40,41)/t25-/m0/s1. The third-order valence-electron chi connectivity index (χ3n) is 7.47. The Morgan fingerprint density at radius 2 is 1.12 bits per heavy atom. The quantitative estimate of drug-likeness (QED) is 0.374. The van der Waals surface area contributed by atoms with Gasteiger partial charge in [0.25, 0.3) is 0 Å². The van der Waals surface area contributed by atoms with Gasteiger partial charge >= 0.3 is 11.9 Å². The van der Waals surface area contributed by atoms with Crippen molar-refractivity contribution in [3.05, 3.63) is 60.2 Å². The van der Waals surface area contributed by atoms with Crippen LogP contribution in [0.5, 0.6) is 0 Å². The minimum absolute atomic E-state index is 0.0339. The van der Waals surface area contributed by atoms with E-state index >= 15 is 0 Å². The van der Waals surface area contributed by atoms with E-state index in [1.54, 1.807) is 0 Å². The average molecular weight is 568 g/mol. The monoisotopic (exact) mass is 567 g/mol. The molecule has 0 bridgehead atoms. The lowest BCUT2D eigenvalue weighted by Crippen LogP contribution is -2.49. The normalized spacial score (nSPS) is 17.7. The molecule has 1 atom stereocenters. The highest BCUT2D eigenvalue weighted by Gasteiger charge is 2.20. The number of carbonyl (C=O) groups is 3. The molecular weight excluding hydrogens is 522 g/mol. The first kappa shape index (κ1) is 32.2. The highest BCUT2D eigenvalue weighted by Crippen LogP contribution is 2.19. The lowest BCUT2D eigenvalue weighted by molar-refractivity contribution is -0.140. The highest BCUT2D eigenvalue weighted by molar-refractivity contribution is 5.78. The number of rotatable bonds is 11. The SMILES string of the molecule is CCN1CCN(CC(=O)O)CCN(CC(=O)O)CCN(CC(=O)N[C@@H](C)Cc2ccc(-c3ccccc3)cc2)CC1. The Labute approximate surface area is 243 Å². The van der Waals surface area contributed by atoms with Crippen molar-refractivity contribution in [2.24, 2.45) is 0 Å². The molecule has 1 fully saturated rings. The van der Waals surface area contributed by atoms with E-state index in [0.717, 1.165) is 30.6 Å². The van der Waals surface area contributed by atoms with Crippen LogP contribution in [0.1, 0.15) is 19.4 Å². The van der Waals surface area contributed by atoms with Crippen molar-refractivity contribution in [1.82, 2.24) is 24.9 Å². The second kappa shape index (κ2) is 16.8. The molecule has 1 amide bonds. The minimum atomic E-state index is -0.922. The van der Waals surface area contributed by atoms with Gasteiger partial charge in [-0.15, -0.1) is 0 Å². The number of nitrogens with zero attached hydrogens (tertiary/aromatic N) is 4. The Morgan fingerprint density at radius 1 is 0.683 bits per heavy atom. The zero-order valence-electron chi connectivity index (χ0n) is 24.4. The van der Waals surface area contributed by atoms with Gasteiger partial charge in [0.15, 0.2) is 0 Å². The molecule has 10 heteroatoms. The van der Waals surface area contributed by atoms with Gasteiger partial charge < -0.3 is 20.4 Å². The lowest BCUT2D eigenvalue weighted by atomic mass is 10.0. The van der Waals surface area contributed by atoms with Crippen molar-refractivity contribution in [2.75, 3.05) is 78.5 Å². The van der Waals surface area contributed by atoms with E-state index in [9.17, 15) is 24.6 Å². The predicted octanol–water partition coefficient (Wildman–Crippen LogP) is 1.81. The third kappa shape index (κ3) is 12.0. The molecule has 2 aromatic carbocycles. The number of carboxylic acid groups (broad SMARTS) is 2. The van der Waals surface area contributed by atoms with E-state index in [1.807, 2.05) is 34.9 Å². The van der Waals surface area contributed by atoms with Crippen LogP contribution in [0.4, 0.5) is 0 Å². The van der Waals surface area contributed by atoms with Crippen LogP contribution in [0.3, 0.4) is 0 Å². The summed E-state index contributed by atoms with van der Waals surface area (Å²) in [5.74, 6) is -1.86. The van der Waals surface area contributed by atoms with Crippen molar-refractivity contribution in [2.45, 2.75) is 26.3 Å². The van der Waals surface area contributed by atoms with E-state index in [-0.39, 0.29) is 31.6 Å². The van der Waals surface area contributed by atoms with Crippen LogP contribution in [0.15, 0.2) is 54.6 Å². The smallest absolute Gasteiger partial charge is 0.317 e. The third-order valence-corrected chi connectivity index (χ3v) is 7.47. The van der Waals surface area contributed by atoms with E-state index in [4.69, 9.17) is 0 Å². The summed E-state index contributed by atoms with van der Waals surface area (Å²) in [6.45, 7) is 9.62. The number of carboxylic acids is 2. The van der Waals surface area contributed by atoms with Gasteiger partial charge in [-0.2, -0.15) is 0 Å². The second-order valence-electron chi connectivity index (χ2n) is 10.8. The maximum atomic E-state index is 13.0. The molecule has 0 aromatic heterocycles. The molecule has 41 heavy (non-hydrogen) atoms. The van der Waals surface area contributed by atoms with Crippen molar-refractivity contribution in [3.63, 3.8) is 0 Å². The summed E-state index contributed by atoms with van der Waals surface area (Å²) < 4.78 is 0. The molecule has 2 aromatic rings. The van der Waals surface area contributed by atoms with E-state index < -0.39 is 11.9 Å².